The van der Waals surface area contributed by atoms with Gasteiger partial charge in [0.1, 0.15) is 17.2 Å². The minimum absolute atomic E-state index is 0.198. The van der Waals surface area contributed by atoms with Crippen molar-refractivity contribution in [3.8, 4) is 0 Å². The molecule has 3 rings (SSSR count). The van der Waals surface area contributed by atoms with Crippen LogP contribution in [0, 0.1) is 0 Å². The van der Waals surface area contributed by atoms with Crippen LogP contribution in [-0.2, 0) is 6.42 Å². The second-order valence-corrected chi connectivity index (χ2v) is 4.13. The van der Waals surface area contributed by atoms with Crippen LogP contribution in [0.5, 0.6) is 0 Å². The molecule has 1 N–H and O–H groups in total. The number of allylic oxidation sites excluding steroid dienone is 2. The van der Waals surface area contributed by atoms with Crippen molar-refractivity contribution in [3.63, 3.8) is 0 Å². The number of aromatic amines is 1. The second-order valence-electron chi connectivity index (χ2n) is 4.13. The van der Waals surface area contributed by atoms with Crippen molar-refractivity contribution in [1.82, 2.24) is 9.97 Å². The molecule has 0 bridgehead atoms. The first-order valence-corrected chi connectivity index (χ1v) is 5.63. The third-order valence-corrected chi connectivity index (χ3v) is 2.83. The third-order valence-electron chi connectivity index (χ3n) is 2.83. The van der Waals surface area contributed by atoms with Gasteiger partial charge in [-0.25, -0.2) is 4.98 Å². The molecule has 4 heteroatoms. The molecule has 0 radical (unpaired) electrons. The number of nitrogens with zero attached hydrogens (tertiary/aromatic N) is 1. The summed E-state index contributed by atoms with van der Waals surface area (Å²) < 4.78 is 0. The topological polar surface area (TPSA) is 62.8 Å². The van der Waals surface area contributed by atoms with Gasteiger partial charge in [0.25, 0.3) is 0 Å². The molecule has 0 unspecified atom stereocenters. The largest absolute Gasteiger partial charge is 0.338 e. The minimum atomic E-state index is -0.222. The van der Waals surface area contributed by atoms with Crippen molar-refractivity contribution >= 4 is 11.6 Å². The lowest BCUT2D eigenvalue weighted by atomic mass is 10.1. The predicted molar refractivity (Wildman–Crippen MR) is 65.6 cm³/mol. The maximum atomic E-state index is 11.6. The van der Waals surface area contributed by atoms with E-state index in [4.69, 9.17) is 0 Å². The quantitative estimate of drug-likeness (QED) is 0.869. The Morgan fingerprint density at radius 3 is 2.44 bits per heavy atom. The van der Waals surface area contributed by atoms with Crippen molar-refractivity contribution in [2.24, 2.45) is 0 Å². The number of hydrogen-bond acceptors (Lipinski definition) is 3. The molecule has 0 spiro atoms. The van der Waals surface area contributed by atoms with Crippen LogP contribution in [0.3, 0.4) is 0 Å². The molecule has 1 heterocycles. The van der Waals surface area contributed by atoms with E-state index in [2.05, 4.69) is 9.97 Å². The smallest absolute Gasteiger partial charge is 0.206 e. The van der Waals surface area contributed by atoms with Crippen LogP contribution in [0.4, 0.5) is 0 Å². The Hall–Kier alpha value is -2.49. The molecule has 0 saturated heterocycles. The summed E-state index contributed by atoms with van der Waals surface area (Å²) in [4.78, 5) is 30.3. The standard InChI is InChI=1S/C14H10N2O2/c17-10-6-7-11(18)14-13(10)15-12(16-14)8-9-4-2-1-3-5-9/h1-7H,8H2,(H,15,16). The minimum Gasteiger partial charge on any atom is -0.338 e. The van der Waals surface area contributed by atoms with Crippen LogP contribution in [0.1, 0.15) is 32.4 Å². The Bertz CT molecular complexity index is 618. The zero-order valence-electron chi connectivity index (χ0n) is 9.51. The maximum Gasteiger partial charge on any atom is 0.206 e. The first-order valence-electron chi connectivity index (χ1n) is 5.63. The summed E-state index contributed by atoms with van der Waals surface area (Å²) in [6.07, 6.45) is 3.11. The number of H-pyrrole nitrogens is 1. The van der Waals surface area contributed by atoms with E-state index in [0.717, 1.165) is 5.56 Å². The van der Waals surface area contributed by atoms with Crippen LogP contribution in [0.25, 0.3) is 0 Å². The summed E-state index contributed by atoms with van der Waals surface area (Å²) in [5.41, 5.74) is 1.61. The maximum absolute atomic E-state index is 11.6. The van der Waals surface area contributed by atoms with E-state index < -0.39 is 0 Å². The fourth-order valence-corrected chi connectivity index (χ4v) is 1.97. The van der Waals surface area contributed by atoms with E-state index in [-0.39, 0.29) is 17.3 Å². The average molecular weight is 238 g/mol. The molecular weight excluding hydrogens is 228 g/mol. The lowest BCUT2D eigenvalue weighted by Crippen LogP contribution is -2.10. The fraction of sp³-hybridized carbons (Fsp3) is 0.0714. The van der Waals surface area contributed by atoms with Crippen molar-refractivity contribution in [3.05, 3.63) is 65.3 Å². The molecule has 1 aromatic carbocycles. The zero-order valence-corrected chi connectivity index (χ0v) is 9.51. The molecule has 1 aliphatic carbocycles. The number of fused-ring (bicyclic) bond motifs is 1. The van der Waals surface area contributed by atoms with Crippen molar-refractivity contribution in [2.75, 3.05) is 0 Å². The first-order chi connectivity index (χ1) is 8.74. The van der Waals surface area contributed by atoms with Gasteiger partial charge in [-0.3, -0.25) is 9.59 Å². The van der Waals surface area contributed by atoms with Crippen LogP contribution >= 0.6 is 0 Å². The van der Waals surface area contributed by atoms with Gasteiger partial charge in [0.05, 0.1) is 0 Å². The van der Waals surface area contributed by atoms with E-state index in [1.807, 2.05) is 30.3 Å². The molecule has 1 aromatic heterocycles. The van der Waals surface area contributed by atoms with Crippen molar-refractivity contribution in [2.45, 2.75) is 6.42 Å². The third kappa shape index (κ3) is 1.78. The molecular formula is C14H10N2O2. The van der Waals surface area contributed by atoms with Gasteiger partial charge in [-0.05, 0) is 17.7 Å². The predicted octanol–water partition coefficient (Wildman–Crippen LogP) is 1.94. The number of carbonyl (C=O) groups is 2. The van der Waals surface area contributed by atoms with E-state index in [1.54, 1.807) is 0 Å². The van der Waals surface area contributed by atoms with Gasteiger partial charge in [0.2, 0.25) is 11.6 Å². The van der Waals surface area contributed by atoms with Crippen LogP contribution in [-0.4, -0.2) is 21.5 Å². The molecule has 18 heavy (non-hydrogen) atoms. The summed E-state index contributed by atoms with van der Waals surface area (Å²) in [6.45, 7) is 0. The summed E-state index contributed by atoms with van der Waals surface area (Å²) in [6, 6.07) is 9.77. The molecule has 0 fully saturated rings. The summed E-state index contributed by atoms with van der Waals surface area (Å²) in [7, 11) is 0. The number of carbonyl (C=O) groups excluding carboxylic acids is 2. The molecule has 0 saturated carbocycles. The highest BCUT2D eigenvalue weighted by Gasteiger charge is 2.23. The van der Waals surface area contributed by atoms with Gasteiger partial charge in [-0.1, -0.05) is 30.3 Å². The van der Waals surface area contributed by atoms with E-state index in [9.17, 15) is 9.59 Å². The highest BCUT2D eigenvalue weighted by Crippen LogP contribution is 2.16. The van der Waals surface area contributed by atoms with Crippen LogP contribution < -0.4 is 0 Å². The van der Waals surface area contributed by atoms with Gasteiger partial charge in [-0.2, -0.15) is 0 Å². The Labute approximate surface area is 103 Å². The van der Waals surface area contributed by atoms with Crippen LogP contribution in [0.15, 0.2) is 42.5 Å². The lowest BCUT2D eigenvalue weighted by Gasteiger charge is -1.98. The Kier molecular flexibility index (Phi) is 2.41. The number of aromatic nitrogens is 2. The first kappa shape index (κ1) is 10.7. The highest BCUT2D eigenvalue weighted by atomic mass is 16.1. The summed E-state index contributed by atoms with van der Waals surface area (Å²) in [5.74, 6) is 0.216. The molecule has 4 nitrogen and oxygen atoms in total. The van der Waals surface area contributed by atoms with Gasteiger partial charge >= 0.3 is 0 Å². The molecule has 2 aromatic rings. The molecule has 88 valence electrons. The highest BCUT2D eigenvalue weighted by molar-refractivity contribution is 6.20. The number of hydrogen-bond donors (Lipinski definition) is 1. The SMILES string of the molecule is O=C1C=CC(=O)c2[nH]c(Cc3ccccc3)nc21. The van der Waals surface area contributed by atoms with Gasteiger partial charge in [0, 0.05) is 6.42 Å². The average Bonchev–Trinajstić information content (AvgIpc) is 2.80. The molecule has 0 aliphatic heterocycles. The van der Waals surface area contributed by atoms with E-state index >= 15 is 0 Å². The molecule has 0 amide bonds. The number of nitrogens with one attached hydrogen (secondary N) is 1. The summed E-state index contributed by atoms with van der Waals surface area (Å²) >= 11 is 0. The molecule has 0 atom stereocenters. The Morgan fingerprint density at radius 2 is 1.72 bits per heavy atom. The zero-order chi connectivity index (χ0) is 12.5. The van der Waals surface area contributed by atoms with E-state index in [1.165, 1.54) is 12.2 Å². The van der Waals surface area contributed by atoms with Gasteiger partial charge in [-0.15, -0.1) is 0 Å². The van der Waals surface area contributed by atoms with Crippen molar-refractivity contribution in [1.29, 1.82) is 0 Å². The second kappa shape index (κ2) is 4.07. The lowest BCUT2D eigenvalue weighted by molar-refractivity contribution is 0.0989. The van der Waals surface area contributed by atoms with Crippen molar-refractivity contribution < 1.29 is 9.59 Å². The van der Waals surface area contributed by atoms with Gasteiger partial charge < -0.3 is 4.98 Å². The fourth-order valence-electron chi connectivity index (χ4n) is 1.97. The molecule has 1 aliphatic rings. The number of benzene rings is 1. The number of imidazole rings is 1. The summed E-state index contributed by atoms with van der Waals surface area (Å²) in [5, 5.41) is 0. The number of rotatable bonds is 2. The Morgan fingerprint density at radius 1 is 1.00 bits per heavy atom. The Balaban J connectivity index is 1.95. The monoisotopic (exact) mass is 238 g/mol. The van der Waals surface area contributed by atoms with Gasteiger partial charge in [0.15, 0.2) is 0 Å². The van der Waals surface area contributed by atoms with Crippen LogP contribution in [0.2, 0.25) is 0 Å². The van der Waals surface area contributed by atoms with E-state index in [0.29, 0.717) is 17.9 Å². The number of ketones is 2. The normalized spacial score (nSPS) is 13.8.